The molecule has 0 aliphatic heterocycles. The Morgan fingerprint density at radius 1 is 1.29 bits per heavy atom. The first-order valence-corrected chi connectivity index (χ1v) is 6.19. The molecule has 0 saturated carbocycles. The second-order valence-corrected chi connectivity index (χ2v) is 5.73. The van der Waals surface area contributed by atoms with E-state index in [0.29, 0.717) is 12.5 Å². The lowest BCUT2D eigenvalue weighted by atomic mass is 9.94. The van der Waals surface area contributed by atoms with Crippen LogP contribution in [0.2, 0.25) is 0 Å². The molecule has 4 heteroatoms. The number of nitrogens with zero attached hydrogens (tertiary/aromatic N) is 2. The van der Waals surface area contributed by atoms with Crippen molar-refractivity contribution in [2.75, 3.05) is 18.4 Å². The van der Waals surface area contributed by atoms with E-state index < -0.39 is 0 Å². The van der Waals surface area contributed by atoms with Crippen molar-refractivity contribution >= 4 is 5.82 Å². The third-order valence-electron chi connectivity index (χ3n) is 2.64. The molecule has 0 radical (unpaired) electrons. The quantitative estimate of drug-likeness (QED) is 0.793. The fraction of sp³-hybridized carbons (Fsp3) is 0.692. The fourth-order valence-electron chi connectivity index (χ4n) is 1.38. The predicted octanol–water partition coefficient (Wildman–Crippen LogP) is 2.07. The summed E-state index contributed by atoms with van der Waals surface area (Å²) in [5.74, 6) is 1.43. The van der Waals surface area contributed by atoms with E-state index in [1.807, 2.05) is 12.1 Å². The van der Waals surface area contributed by atoms with E-state index >= 15 is 0 Å². The molecule has 0 aliphatic carbocycles. The van der Waals surface area contributed by atoms with Crippen LogP contribution in [0.1, 0.15) is 33.4 Å². The topological polar surface area (TPSA) is 63.8 Å². The molecule has 0 amide bonds. The summed E-state index contributed by atoms with van der Waals surface area (Å²) in [6.45, 7) is 10.1. The van der Waals surface area contributed by atoms with Gasteiger partial charge in [-0.25, -0.2) is 0 Å². The van der Waals surface area contributed by atoms with Gasteiger partial charge < -0.3 is 11.1 Å². The van der Waals surface area contributed by atoms with Gasteiger partial charge in [0.2, 0.25) is 0 Å². The summed E-state index contributed by atoms with van der Waals surface area (Å²) in [5, 5.41) is 11.6. The van der Waals surface area contributed by atoms with Gasteiger partial charge in [-0.1, -0.05) is 27.7 Å². The van der Waals surface area contributed by atoms with Gasteiger partial charge in [-0.05, 0) is 36.4 Å². The molecule has 1 aromatic heterocycles. The zero-order valence-electron chi connectivity index (χ0n) is 11.3. The lowest BCUT2D eigenvalue weighted by molar-refractivity contribution is 0.405. The molecule has 0 fully saturated rings. The summed E-state index contributed by atoms with van der Waals surface area (Å²) < 4.78 is 0. The van der Waals surface area contributed by atoms with E-state index in [-0.39, 0.29) is 5.41 Å². The molecule has 0 aliphatic rings. The van der Waals surface area contributed by atoms with Crippen LogP contribution < -0.4 is 11.1 Å². The van der Waals surface area contributed by atoms with E-state index in [0.717, 1.165) is 24.5 Å². The van der Waals surface area contributed by atoms with Crippen molar-refractivity contribution in [3.63, 3.8) is 0 Å². The summed E-state index contributed by atoms with van der Waals surface area (Å²) in [6, 6.07) is 4.02. The Labute approximate surface area is 104 Å². The highest BCUT2D eigenvalue weighted by molar-refractivity contribution is 5.33. The smallest absolute Gasteiger partial charge is 0.148 e. The highest BCUT2D eigenvalue weighted by atomic mass is 15.2. The number of aromatic nitrogens is 2. The van der Waals surface area contributed by atoms with Crippen molar-refractivity contribution in [1.29, 1.82) is 0 Å². The zero-order valence-corrected chi connectivity index (χ0v) is 11.3. The van der Waals surface area contributed by atoms with Crippen LogP contribution in [0.15, 0.2) is 12.1 Å². The van der Waals surface area contributed by atoms with Gasteiger partial charge in [0, 0.05) is 6.54 Å². The maximum Gasteiger partial charge on any atom is 0.148 e. The van der Waals surface area contributed by atoms with Gasteiger partial charge in [0.25, 0.3) is 0 Å². The molecule has 3 N–H and O–H groups in total. The Bertz CT molecular complexity index is 330. The van der Waals surface area contributed by atoms with Crippen LogP contribution >= 0.6 is 0 Å². The van der Waals surface area contributed by atoms with Crippen molar-refractivity contribution in [1.82, 2.24) is 10.2 Å². The van der Waals surface area contributed by atoms with Crippen LogP contribution in [-0.2, 0) is 6.42 Å². The zero-order chi connectivity index (χ0) is 12.9. The molecule has 0 unspecified atom stereocenters. The molecule has 0 saturated heterocycles. The number of anilines is 1. The lowest BCUT2D eigenvalue weighted by Crippen LogP contribution is -2.31. The summed E-state index contributed by atoms with van der Waals surface area (Å²) >= 11 is 0. The van der Waals surface area contributed by atoms with E-state index in [9.17, 15) is 0 Å². The summed E-state index contributed by atoms with van der Waals surface area (Å²) in [6.07, 6.45) is 0.974. The molecule has 4 nitrogen and oxygen atoms in total. The second-order valence-electron chi connectivity index (χ2n) is 5.73. The van der Waals surface area contributed by atoms with Crippen molar-refractivity contribution in [2.45, 2.75) is 34.1 Å². The molecule has 0 spiro atoms. The second kappa shape index (κ2) is 5.96. The van der Waals surface area contributed by atoms with Crippen LogP contribution in [0.5, 0.6) is 0 Å². The number of nitrogens with two attached hydrogens (primary N) is 1. The van der Waals surface area contributed by atoms with Crippen LogP contribution in [0.4, 0.5) is 5.82 Å². The van der Waals surface area contributed by atoms with Crippen LogP contribution in [0.25, 0.3) is 0 Å². The van der Waals surface area contributed by atoms with Gasteiger partial charge in [0.15, 0.2) is 0 Å². The van der Waals surface area contributed by atoms with Gasteiger partial charge in [-0.15, -0.1) is 5.10 Å². The number of nitrogens with one attached hydrogen (secondary N) is 1. The Kier molecular flexibility index (Phi) is 4.87. The maximum absolute atomic E-state index is 5.67. The molecule has 96 valence electrons. The molecule has 1 aromatic rings. The van der Waals surface area contributed by atoms with Crippen LogP contribution in [-0.4, -0.2) is 23.3 Å². The molecule has 0 aromatic carbocycles. The third-order valence-corrected chi connectivity index (χ3v) is 2.64. The first-order chi connectivity index (χ1) is 7.93. The predicted molar refractivity (Wildman–Crippen MR) is 71.9 cm³/mol. The normalized spacial score (nSPS) is 11.9. The number of hydrogen-bond acceptors (Lipinski definition) is 4. The maximum atomic E-state index is 5.67. The average molecular weight is 236 g/mol. The minimum absolute atomic E-state index is 0.0816. The molecular weight excluding hydrogens is 212 g/mol. The van der Waals surface area contributed by atoms with Gasteiger partial charge >= 0.3 is 0 Å². The van der Waals surface area contributed by atoms with Crippen molar-refractivity contribution in [3.05, 3.63) is 17.8 Å². The molecule has 0 atom stereocenters. The van der Waals surface area contributed by atoms with Crippen molar-refractivity contribution < 1.29 is 0 Å². The van der Waals surface area contributed by atoms with Crippen LogP contribution in [0.3, 0.4) is 0 Å². The minimum atomic E-state index is 0.0816. The van der Waals surface area contributed by atoms with Gasteiger partial charge in [-0.3, -0.25) is 0 Å². The molecule has 1 heterocycles. The monoisotopic (exact) mass is 236 g/mol. The Morgan fingerprint density at radius 3 is 2.47 bits per heavy atom. The van der Waals surface area contributed by atoms with Crippen molar-refractivity contribution in [3.8, 4) is 0 Å². The van der Waals surface area contributed by atoms with Crippen LogP contribution in [0, 0.1) is 11.3 Å². The molecular formula is C13H24N4. The standard InChI is InChI=1S/C13H24N4/c1-10(2)7-11-5-6-12(17-16-11)15-9-13(3,4)8-14/h5-6,10H,7-9,14H2,1-4H3,(H,15,17). The Balaban J connectivity index is 2.51. The minimum Gasteiger partial charge on any atom is -0.368 e. The Hall–Kier alpha value is -1.16. The number of hydrogen-bond donors (Lipinski definition) is 2. The first kappa shape index (κ1) is 13.9. The van der Waals surface area contributed by atoms with Gasteiger partial charge in [0.1, 0.15) is 5.82 Å². The van der Waals surface area contributed by atoms with E-state index in [1.54, 1.807) is 0 Å². The summed E-state index contributed by atoms with van der Waals surface area (Å²) in [5.41, 5.74) is 6.80. The molecule has 1 rings (SSSR count). The van der Waals surface area contributed by atoms with E-state index in [1.165, 1.54) is 0 Å². The largest absolute Gasteiger partial charge is 0.368 e. The van der Waals surface area contributed by atoms with Gasteiger partial charge in [0.05, 0.1) is 5.69 Å². The molecule has 0 bridgehead atoms. The highest BCUT2D eigenvalue weighted by Crippen LogP contribution is 2.14. The molecule has 17 heavy (non-hydrogen) atoms. The average Bonchev–Trinajstić information content (AvgIpc) is 2.28. The van der Waals surface area contributed by atoms with E-state index in [2.05, 4.69) is 43.2 Å². The highest BCUT2D eigenvalue weighted by Gasteiger charge is 2.15. The lowest BCUT2D eigenvalue weighted by Gasteiger charge is -2.22. The van der Waals surface area contributed by atoms with Gasteiger partial charge in [-0.2, -0.15) is 5.10 Å². The summed E-state index contributed by atoms with van der Waals surface area (Å²) in [4.78, 5) is 0. The van der Waals surface area contributed by atoms with Crippen molar-refractivity contribution in [2.24, 2.45) is 17.1 Å². The first-order valence-electron chi connectivity index (χ1n) is 6.19. The summed E-state index contributed by atoms with van der Waals surface area (Å²) in [7, 11) is 0. The third kappa shape index (κ3) is 5.13. The Morgan fingerprint density at radius 2 is 2.00 bits per heavy atom. The number of rotatable bonds is 6. The fourth-order valence-corrected chi connectivity index (χ4v) is 1.38. The van der Waals surface area contributed by atoms with E-state index in [4.69, 9.17) is 5.73 Å². The SMILES string of the molecule is CC(C)Cc1ccc(NCC(C)(C)CN)nn1.